The third-order valence-electron chi connectivity index (χ3n) is 3.98. The number of carbonyl (C=O) groups is 1. The summed E-state index contributed by atoms with van der Waals surface area (Å²) < 4.78 is 0.947. The van der Waals surface area contributed by atoms with Crippen LogP contribution in [-0.2, 0) is 0 Å². The summed E-state index contributed by atoms with van der Waals surface area (Å²) in [6.07, 6.45) is 0. The van der Waals surface area contributed by atoms with Gasteiger partial charge < -0.3 is 14.9 Å². The van der Waals surface area contributed by atoms with Crippen LogP contribution in [0.25, 0.3) is 5.69 Å². The Kier molecular flexibility index (Phi) is 4.63. The highest BCUT2D eigenvalue weighted by Gasteiger charge is 2.26. The van der Waals surface area contributed by atoms with Crippen LogP contribution >= 0.6 is 15.9 Å². The number of carboxylic acid groups (broad SMARTS) is 1. The zero-order valence-corrected chi connectivity index (χ0v) is 14.4. The van der Waals surface area contributed by atoms with Crippen molar-refractivity contribution in [3.8, 4) is 5.69 Å². The molecule has 0 unspecified atom stereocenters. The molecule has 0 saturated carbocycles. The van der Waals surface area contributed by atoms with Crippen LogP contribution in [0.5, 0.6) is 0 Å². The number of benzene rings is 1. The third kappa shape index (κ3) is 3.37. The number of rotatable bonds is 4. The van der Waals surface area contributed by atoms with Crippen LogP contribution in [0.4, 0.5) is 5.82 Å². The van der Waals surface area contributed by atoms with Crippen molar-refractivity contribution in [2.45, 2.75) is 6.92 Å². The van der Waals surface area contributed by atoms with E-state index in [1.54, 1.807) is 0 Å². The van der Waals surface area contributed by atoms with Crippen molar-refractivity contribution in [3.63, 3.8) is 0 Å². The molecule has 7 nitrogen and oxygen atoms in total. The van der Waals surface area contributed by atoms with Crippen molar-refractivity contribution >= 4 is 27.7 Å². The van der Waals surface area contributed by atoms with Crippen molar-refractivity contribution in [2.24, 2.45) is 0 Å². The number of nitrogens with zero attached hydrogens (tertiary/aromatic N) is 5. The van der Waals surface area contributed by atoms with Gasteiger partial charge in [-0.3, -0.25) is 0 Å². The van der Waals surface area contributed by atoms with Crippen LogP contribution in [0.15, 0.2) is 28.7 Å². The van der Waals surface area contributed by atoms with Gasteiger partial charge in [0.15, 0.2) is 5.82 Å². The lowest BCUT2D eigenvalue weighted by Gasteiger charge is -2.34. The molecule has 0 bridgehead atoms. The largest absolute Gasteiger partial charge is 0.476 e. The van der Waals surface area contributed by atoms with E-state index in [2.05, 4.69) is 38.0 Å². The smallest absolute Gasteiger partial charge is 0.360 e. The Morgan fingerprint density at radius 2 is 1.83 bits per heavy atom. The molecule has 0 aliphatic carbocycles. The van der Waals surface area contributed by atoms with E-state index in [-0.39, 0.29) is 5.69 Å². The quantitative estimate of drug-likeness (QED) is 0.873. The molecule has 0 radical (unpaired) electrons. The van der Waals surface area contributed by atoms with E-state index in [1.165, 1.54) is 4.80 Å². The van der Waals surface area contributed by atoms with E-state index in [4.69, 9.17) is 0 Å². The maximum absolute atomic E-state index is 11.5. The molecule has 1 aromatic heterocycles. The molecular weight excluding hydrogens is 362 g/mol. The van der Waals surface area contributed by atoms with Crippen LogP contribution < -0.4 is 4.90 Å². The molecule has 2 aromatic rings. The fraction of sp³-hybridized carbons (Fsp3) is 0.400. The highest BCUT2D eigenvalue weighted by atomic mass is 79.9. The minimum Gasteiger partial charge on any atom is -0.476 e. The fourth-order valence-corrected chi connectivity index (χ4v) is 2.88. The summed E-state index contributed by atoms with van der Waals surface area (Å²) in [5, 5.41) is 18.0. The Morgan fingerprint density at radius 1 is 1.17 bits per heavy atom. The molecule has 2 heterocycles. The lowest BCUT2D eigenvalue weighted by molar-refractivity contribution is 0.0690. The summed E-state index contributed by atoms with van der Waals surface area (Å²) in [5.74, 6) is -0.613. The van der Waals surface area contributed by atoms with Crippen LogP contribution in [0, 0.1) is 0 Å². The van der Waals surface area contributed by atoms with Crippen molar-refractivity contribution in [2.75, 3.05) is 37.6 Å². The average molecular weight is 380 g/mol. The third-order valence-corrected chi connectivity index (χ3v) is 4.50. The first-order valence-corrected chi connectivity index (χ1v) is 8.31. The fourth-order valence-electron chi connectivity index (χ4n) is 2.62. The molecule has 1 saturated heterocycles. The maximum Gasteiger partial charge on any atom is 0.360 e. The second-order valence-electron chi connectivity index (χ2n) is 5.36. The summed E-state index contributed by atoms with van der Waals surface area (Å²) >= 11 is 3.38. The van der Waals surface area contributed by atoms with Crippen molar-refractivity contribution in [3.05, 3.63) is 34.4 Å². The standard InChI is InChI=1S/C15H18BrN5O2/c1-2-19-7-9-20(10-8-19)14-13(15(22)23)17-21(18-14)12-5-3-11(16)4-6-12/h3-6H,2,7-10H2,1H3,(H,22,23). The van der Waals surface area contributed by atoms with Gasteiger partial charge >= 0.3 is 5.97 Å². The lowest BCUT2D eigenvalue weighted by atomic mass is 10.3. The van der Waals surface area contributed by atoms with E-state index < -0.39 is 5.97 Å². The predicted molar refractivity (Wildman–Crippen MR) is 90.3 cm³/mol. The Bertz CT molecular complexity index is 692. The van der Waals surface area contributed by atoms with Crippen LogP contribution in [0.3, 0.4) is 0 Å². The minimum absolute atomic E-state index is 0.00197. The summed E-state index contributed by atoms with van der Waals surface area (Å²) in [4.78, 5) is 17.2. The van der Waals surface area contributed by atoms with Crippen molar-refractivity contribution < 1.29 is 9.90 Å². The van der Waals surface area contributed by atoms with E-state index in [0.29, 0.717) is 5.82 Å². The Balaban J connectivity index is 1.90. The van der Waals surface area contributed by atoms with Gasteiger partial charge in [-0.15, -0.1) is 15.0 Å². The van der Waals surface area contributed by atoms with Gasteiger partial charge in [-0.1, -0.05) is 22.9 Å². The summed E-state index contributed by atoms with van der Waals surface area (Å²) in [5.41, 5.74) is 0.729. The van der Waals surface area contributed by atoms with Gasteiger partial charge in [0.2, 0.25) is 5.69 Å². The summed E-state index contributed by atoms with van der Waals surface area (Å²) in [6, 6.07) is 7.43. The highest BCUT2D eigenvalue weighted by Crippen LogP contribution is 2.20. The Labute approximate surface area is 142 Å². The maximum atomic E-state index is 11.5. The molecule has 0 atom stereocenters. The number of aromatic nitrogens is 3. The lowest BCUT2D eigenvalue weighted by Crippen LogP contribution is -2.46. The zero-order chi connectivity index (χ0) is 16.4. The molecule has 1 N–H and O–H groups in total. The first-order valence-electron chi connectivity index (χ1n) is 7.52. The summed E-state index contributed by atoms with van der Waals surface area (Å²) in [6.45, 7) is 6.45. The van der Waals surface area contributed by atoms with Gasteiger partial charge in [0.1, 0.15) is 0 Å². The molecule has 23 heavy (non-hydrogen) atoms. The molecule has 122 valence electrons. The minimum atomic E-state index is -1.05. The molecule has 0 spiro atoms. The van der Waals surface area contributed by atoms with E-state index >= 15 is 0 Å². The van der Waals surface area contributed by atoms with Crippen LogP contribution in [0.2, 0.25) is 0 Å². The van der Waals surface area contributed by atoms with Crippen molar-refractivity contribution in [1.29, 1.82) is 0 Å². The zero-order valence-electron chi connectivity index (χ0n) is 12.8. The van der Waals surface area contributed by atoms with E-state index in [0.717, 1.165) is 42.9 Å². The molecule has 3 rings (SSSR count). The number of likely N-dealkylation sites (N-methyl/N-ethyl adjacent to an activating group) is 1. The number of anilines is 1. The van der Waals surface area contributed by atoms with Crippen LogP contribution in [-0.4, -0.2) is 63.7 Å². The molecule has 0 amide bonds. The van der Waals surface area contributed by atoms with Crippen molar-refractivity contribution in [1.82, 2.24) is 19.9 Å². The number of piperazine rings is 1. The second kappa shape index (κ2) is 6.67. The number of carboxylic acids is 1. The van der Waals surface area contributed by atoms with Gasteiger partial charge in [-0.05, 0) is 30.8 Å². The average Bonchev–Trinajstić information content (AvgIpc) is 3.01. The normalized spacial score (nSPS) is 15.8. The first kappa shape index (κ1) is 15.9. The van der Waals surface area contributed by atoms with E-state index in [9.17, 15) is 9.90 Å². The topological polar surface area (TPSA) is 74.5 Å². The number of aromatic carboxylic acids is 1. The van der Waals surface area contributed by atoms with Gasteiger partial charge in [0.25, 0.3) is 0 Å². The Hall–Kier alpha value is -1.93. The van der Waals surface area contributed by atoms with E-state index in [1.807, 2.05) is 29.2 Å². The number of hydrogen-bond donors (Lipinski definition) is 1. The molecule has 1 fully saturated rings. The Morgan fingerprint density at radius 3 is 2.39 bits per heavy atom. The second-order valence-corrected chi connectivity index (χ2v) is 6.28. The molecule has 1 aliphatic heterocycles. The first-order chi connectivity index (χ1) is 11.1. The van der Waals surface area contributed by atoms with Gasteiger partial charge in [-0.25, -0.2) is 4.79 Å². The number of halogens is 1. The summed E-state index contributed by atoms with van der Waals surface area (Å²) in [7, 11) is 0. The molecule has 1 aromatic carbocycles. The highest BCUT2D eigenvalue weighted by molar-refractivity contribution is 9.10. The molecule has 8 heteroatoms. The van der Waals surface area contributed by atoms with Gasteiger partial charge in [0, 0.05) is 30.7 Å². The SMILES string of the molecule is CCN1CCN(c2nn(-c3ccc(Br)cc3)nc2C(=O)O)CC1. The monoisotopic (exact) mass is 379 g/mol. The van der Waals surface area contributed by atoms with Gasteiger partial charge in [-0.2, -0.15) is 0 Å². The van der Waals surface area contributed by atoms with Gasteiger partial charge in [0.05, 0.1) is 5.69 Å². The molecule has 1 aliphatic rings. The molecular formula is C15H18BrN5O2. The predicted octanol–water partition coefficient (Wildman–Crippen LogP) is 1.87. The number of hydrogen-bond acceptors (Lipinski definition) is 5. The van der Waals surface area contributed by atoms with Crippen LogP contribution in [0.1, 0.15) is 17.4 Å².